The highest BCUT2D eigenvalue weighted by molar-refractivity contribution is 5.98. The second-order valence-corrected chi connectivity index (χ2v) is 9.05. The van der Waals surface area contributed by atoms with Gasteiger partial charge >= 0.3 is 6.18 Å². The number of nitrogens with zero attached hydrogens (tertiary/aromatic N) is 3. The lowest BCUT2D eigenvalue weighted by atomic mass is 10.0. The quantitative estimate of drug-likeness (QED) is 0.677. The van der Waals surface area contributed by atoms with E-state index in [0.717, 1.165) is 41.8 Å². The van der Waals surface area contributed by atoms with Crippen LogP contribution in [0.2, 0.25) is 0 Å². The van der Waals surface area contributed by atoms with Gasteiger partial charge in [0.2, 0.25) is 5.91 Å². The number of rotatable bonds is 4. The summed E-state index contributed by atoms with van der Waals surface area (Å²) in [5, 5.41) is 0. The molecular weight excluding hydrogens is 431 g/mol. The Morgan fingerprint density at radius 2 is 1.76 bits per heavy atom. The molecule has 2 aliphatic rings. The summed E-state index contributed by atoms with van der Waals surface area (Å²) < 4.78 is 45.9. The fourth-order valence-electron chi connectivity index (χ4n) is 4.88. The molecule has 2 aliphatic heterocycles. The lowest BCUT2D eigenvalue weighted by Gasteiger charge is -2.44. The number of carbonyl (C=O) groups excluding carboxylic acids is 1. The van der Waals surface area contributed by atoms with E-state index >= 15 is 0 Å². The number of amides is 1. The van der Waals surface area contributed by atoms with Crippen molar-refractivity contribution in [2.75, 3.05) is 43.6 Å². The van der Waals surface area contributed by atoms with E-state index in [4.69, 9.17) is 4.74 Å². The van der Waals surface area contributed by atoms with Gasteiger partial charge in [0, 0.05) is 37.4 Å². The maximum Gasteiger partial charge on any atom is 0.416 e. The highest BCUT2D eigenvalue weighted by Crippen LogP contribution is 2.41. The highest BCUT2D eigenvalue weighted by atomic mass is 19.4. The van der Waals surface area contributed by atoms with Crippen LogP contribution in [0.15, 0.2) is 36.4 Å². The molecule has 0 aromatic heterocycles. The van der Waals surface area contributed by atoms with Gasteiger partial charge in [-0.25, -0.2) is 0 Å². The van der Waals surface area contributed by atoms with Gasteiger partial charge in [-0.05, 0) is 56.6 Å². The molecule has 0 spiro atoms. The first-order chi connectivity index (χ1) is 15.6. The minimum atomic E-state index is -4.49. The standard InChI is InChI=1S/C25H30F3N3O2/c1-16-14-30(15-17(2)29(16)3)22-13-21-19(11-23(22)33-4)9-10-31(21)24(32)12-18-7-5-6-8-20(18)25(26,27)28/h5-8,11,13,16-17H,9-10,12,14-15H2,1-4H3/t16-,17+. The molecule has 2 atom stereocenters. The Hall–Kier alpha value is -2.74. The van der Waals surface area contributed by atoms with Crippen molar-refractivity contribution >= 4 is 17.3 Å². The molecule has 1 amide bonds. The lowest BCUT2D eigenvalue weighted by Crippen LogP contribution is -2.55. The third kappa shape index (κ3) is 4.53. The minimum absolute atomic E-state index is 0.00102. The summed E-state index contributed by atoms with van der Waals surface area (Å²) in [5.74, 6) is 0.427. The molecule has 0 radical (unpaired) electrons. The number of alkyl halides is 3. The normalized spacial score (nSPS) is 21.3. The molecule has 0 aliphatic carbocycles. The molecule has 8 heteroatoms. The molecule has 4 rings (SSSR count). The van der Waals surface area contributed by atoms with Gasteiger partial charge in [0.15, 0.2) is 0 Å². The van der Waals surface area contributed by atoms with E-state index in [1.54, 1.807) is 12.0 Å². The summed E-state index contributed by atoms with van der Waals surface area (Å²) in [7, 11) is 3.76. The number of halogens is 3. The van der Waals surface area contributed by atoms with Crippen molar-refractivity contribution in [3.63, 3.8) is 0 Å². The van der Waals surface area contributed by atoms with Gasteiger partial charge in [-0.2, -0.15) is 13.2 Å². The molecule has 1 saturated heterocycles. The topological polar surface area (TPSA) is 36.0 Å². The van der Waals surface area contributed by atoms with Crippen LogP contribution in [0.25, 0.3) is 0 Å². The van der Waals surface area contributed by atoms with Crippen molar-refractivity contribution in [1.82, 2.24) is 4.90 Å². The molecular formula is C25H30F3N3O2. The third-order valence-corrected chi connectivity index (χ3v) is 6.94. The number of hydrogen-bond acceptors (Lipinski definition) is 4. The largest absolute Gasteiger partial charge is 0.495 e. The number of piperazine rings is 1. The monoisotopic (exact) mass is 461 g/mol. The van der Waals surface area contributed by atoms with Crippen LogP contribution in [-0.2, 0) is 23.8 Å². The summed E-state index contributed by atoms with van der Waals surface area (Å²) in [6.45, 7) is 6.45. The van der Waals surface area contributed by atoms with Gasteiger partial charge in [-0.15, -0.1) is 0 Å². The van der Waals surface area contributed by atoms with Crippen LogP contribution in [-0.4, -0.2) is 56.7 Å². The second kappa shape index (κ2) is 8.89. The van der Waals surface area contributed by atoms with Gasteiger partial charge in [0.1, 0.15) is 5.75 Å². The van der Waals surface area contributed by atoms with Crippen LogP contribution in [0.5, 0.6) is 5.75 Å². The van der Waals surface area contributed by atoms with Crippen molar-refractivity contribution in [1.29, 1.82) is 0 Å². The molecule has 0 unspecified atom stereocenters. The fourth-order valence-corrected chi connectivity index (χ4v) is 4.88. The molecule has 178 valence electrons. The number of carbonyl (C=O) groups is 1. The first-order valence-electron chi connectivity index (χ1n) is 11.2. The number of hydrogen-bond donors (Lipinski definition) is 0. The Labute approximate surface area is 192 Å². The van der Waals surface area contributed by atoms with E-state index in [-0.39, 0.29) is 17.9 Å². The van der Waals surface area contributed by atoms with E-state index in [2.05, 4.69) is 30.7 Å². The van der Waals surface area contributed by atoms with E-state index in [9.17, 15) is 18.0 Å². The first kappa shape index (κ1) is 23.4. The van der Waals surface area contributed by atoms with Crippen LogP contribution in [0.4, 0.5) is 24.5 Å². The fraction of sp³-hybridized carbons (Fsp3) is 0.480. The summed E-state index contributed by atoms with van der Waals surface area (Å²) in [5.41, 5.74) is 1.90. The van der Waals surface area contributed by atoms with Crippen LogP contribution in [0.1, 0.15) is 30.5 Å². The lowest BCUT2D eigenvalue weighted by molar-refractivity contribution is -0.138. The van der Waals surface area contributed by atoms with Crippen molar-refractivity contribution in [2.24, 2.45) is 0 Å². The van der Waals surface area contributed by atoms with Crippen molar-refractivity contribution < 1.29 is 22.7 Å². The Balaban J connectivity index is 1.63. The SMILES string of the molecule is COc1cc2c(cc1N1C[C@@H](C)N(C)[C@@H](C)C1)N(C(=O)Cc1ccccc1C(F)(F)F)CC2. The Kier molecular flexibility index (Phi) is 6.31. The molecule has 0 bridgehead atoms. The molecule has 2 aromatic rings. The molecule has 2 aromatic carbocycles. The Bertz CT molecular complexity index is 1030. The maximum absolute atomic E-state index is 13.4. The number of fused-ring (bicyclic) bond motifs is 1. The average molecular weight is 462 g/mol. The predicted octanol–water partition coefficient (Wildman–Crippen LogP) is 4.37. The van der Waals surface area contributed by atoms with E-state index < -0.39 is 11.7 Å². The van der Waals surface area contributed by atoms with Crippen LogP contribution < -0.4 is 14.5 Å². The Morgan fingerprint density at radius 3 is 2.39 bits per heavy atom. The van der Waals surface area contributed by atoms with Crippen LogP contribution in [0.3, 0.4) is 0 Å². The van der Waals surface area contributed by atoms with Gasteiger partial charge in [0.25, 0.3) is 0 Å². The first-order valence-corrected chi connectivity index (χ1v) is 11.2. The Morgan fingerprint density at radius 1 is 1.09 bits per heavy atom. The van der Waals surface area contributed by atoms with Gasteiger partial charge in [0.05, 0.1) is 24.8 Å². The summed E-state index contributed by atoms with van der Waals surface area (Å²) >= 11 is 0. The maximum atomic E-state index is 13.4. The summed E-state index contributed by atoms with van der Waals surface area (Å²) in [4.78, 5) is 19.4. The smallest absolute Gasteiger partial charge is 0.416 e. The molecule has 33 heavy (non-hydrogen) atoms. The van der Waals surface area contributed by atoms with Gasteiger partial charge < -0.3 is 14.5 Å². The molecule has 2 heterocycles. The van der Waals surface area contributed by atoms with E-state index in [0.29, 0.717) is 25.0 Å². The van der Waals surface area contributed by atoms with Crippen LogP contribution >= 0.6 is 0 Å². The molecule has 1 fully saturated rings. The summed E-state index contributed by atoms with van der Waals surface area (Å²) in [6.07, 6.45) is -4.14. The van der Waals surface area contributed by atoms with E-state index in [1.807, 2.05) is 12.1 Å². The number of benzene rings is 2. The van der Waals surface area contributed by atoms with Gasteiger partial charge in [-0.1, -0.05) is 18.2 Å². The molecule has 0 N–H and O–H groups in total. The van der Waals surface area contributed by atoms with Crippen molar-refractivity contribution in [3.05, 3.63) is 53.1 Å². The minimum Gasteiger partial charge on any atom is -0.495 e. The number of methoxy groups -OCH3 is 1. The number of anilines is 2. The van der Waals surface area contributed by atoms with Crippen molar-refractivity contribution in [3.8, 4) is 5.75 Å². The zero-order valence-electron chi connectivity index (χ0n) is 19.4. The zero-order chi connectivity index (χ0) is 23.9. The predicted molar refractivity (Wildman–Crippen MR) is 123 cm³/mol. The number of ether oxygens (including phenoxy) is 1. The average Bonchev–Trinajstić information content (AvgIpc) is 3.18. The second-order valence-electron chi connectivity index (χ2n) is 9.05. The molecule has 0 saturated carbocycles. The highest BCUT2D eigenvalue weighted by Gasteiger charge is 2.35. The van der Waals surface area contributed by atoms with Crippen molar-refractivity contribution in [2.45, 2.75) is 44.9 Å². The third-order valence-electron chi connectivity index (χ3n) is 6.94. The molecule has 5 nitrogen and oxygen atoms in total. The van der Waals surface area contributed by atoms with Crippen LogP contribution in [0, 0.1) is 0 Å². The van der Waals surface area contributed by atoms with E-state index in [1.165, 1.54) is 18.2 Å². The zero-order valence-corrected chi connectivity index (χ0v) is 19.4. The number of likely N-dealkylation sites (N-methyl/N-ethyl adjacent to an activating group) is 1. The summed E-state index contributed by atoms with van der Waals surface area (Å²) in [6, 6.07) is 9.93. The van der Waals surface area contributed by atoms with Gasteiger partial charge in [-0.3, -0.25) is 9.69 Å².